The van der Waals surface area contributed by atoms with Crippen LogP contribution in [0.15, 0.2) is 10.4 Å². The number of hydrogen-bond acceptors (Lipinski definition) is 4. The fourth-order valence-electron chi connectivity index (χ4n) is 3.36. The van der Waals surface area contributed by atoms with Gasteiger partial charge in [0.05, 0.1) is 5.01 Å². The van der Waals surface area contributed by atoms with Crippen LogP contribution < -0.4 is 10.6 Å². The van der Waals surface area contributed by atoms with Gasteiger partial charge < -0.3 is 10.6 Å². The van der Waals surface area contributed by atoms with E-state index in [2.05, 4.69) is 27.9 Å². The second kappa shape index (κ2) is 13.9. The van der Waals surface area contributed by atoms with Gasteiger partial charge in [-0.3, -0.25) is 9.20 Å². The Kier molecular flexibility index (Phi) is 12.8. The van der Waals surface area contributed by atoms with Crippen molar-refractivity contribution in [3.63, 3.8) is 0 Å². The zero-order valence-electron chi connectivity index (χ0n) is 16.8. The zero-order chi connectivity index (χ0) is 18.8. The predicted molar refractivity (Wildman–Crippen MR) is 129 cm³/mol. The van der Waals surface area contributed by atoms with E-state index in [1.165, 1.54) is 5.01 Å². The van der Waals surface area contributed by atoms with Gasteiger partial charge in [-0.1, -0.05) is 13.3 Å². The number of aromatic nitrogens is 1. The molecule has 1 aliphatic rings. The molecule has 2 rings (SSSR count). The van der Waals surface area contributed by atoms with E-state index in [1.54, 1.807) is 11.3 Å². The number of thiazole rings is 1. The summed E-state index contributed by atoms with van der Waals surface area (Å²) in [6.07, 6.45) is 7.63. The van der Waals surface area contributed by atoms with Crippen LogP contribution >= 0.6 is 35.3 Å². The second-order valence-electron chi connectivity index (χ2n) is 6.90. The lowest BCUT2D eigenvalue weighted by atomic mass is 9.95. The number of nitrogens with zero attached hydrogens (tertiary/aromatic N) is 2. The third kappa shape index (κ3) is 9.21. The minimum absolute atomic E-state index is 0. The average molecular weight is 527 g/mol. The van der Waals surface area contributed by atoms with Crippen molar-refractivity contribution in [2.75, 3.05) is 18.8 Å². The molecular weight excluding hydrogens is 491 g/mol. The van der Waals surface area contributed by atoms with E-state index in [-0.39, 0.29) is 24.0 Å². The molecule has 0 radical (unpaired) electrons. The van der Waals surface area contributed by atoms with Crippen molar-refractivity contribution in [1.29, 1.82) is 0 Å². The van der Waals surface area contributed by atoms with Gasteiger partial charge in [0.25, 0.3) is 0 Å². The van der Waals surface area contributed by atoms with E-state index in [1.807, 2.05) is 13.8 Å². The molecule has 156 valence electrons. The van der Waals surface area contributed by atoms with Gasteiger partial charge >= 0.3 is 0 Å². The van der Waals surface area contributed by atoms with Gasteiger partial charge in [-0.25, -0.2) is 4.98 Å². The summed E-state index contributed by atoms with van der Waals surface area (Å²) < 4.78 is 12.1. The van der Waals surface area contributed by atoms with Crippen LogP contribution in [0.4, 0.5) is 0 Å². The molecule has 8 heteroatoms. The van der Waals surface area contributed by atoms with E-state index in [0.717, 1.165) is 75.4 Å². The Bertz CT molecular complexity index is 594. The summed E-state index contributed by atoms with van der Waals surface area (Å²) in [6.45, 7) is 7.85. The van der Waals surface area contributed by atoms with Crippen LogP contribution in [0.1, 0.15) is 63.1 Å². The Labute approximate surface area is 188 Å². The topological polar surface area (TPSA) is 66.4 Å². The number of hydrogen-bond donors (Lipinski definition) is 2. The summed E-state index contributed by atoms with van der Waals surface area (Å²) in [7, 11) is -0.683. The Morgan fingerprint density at radius 3 is 2.85 bits per heavy atom. The third-order valence-corrected chi connectivity index (χ3v) is 7.47. The largest absolute Gasteiger partial charge is 0.357 e. The summed E-state index contributed by atoms with van der Waals surface area (Å²) in [5.74, 6) is 1.68. The van der Waals surface area contributed by atoms with Gasteiger partial charge in [0.2, 0.25) is 0 Å². The second-order valence-corrected chi connectivity index (χ2v) is 9.85. The molecule has 3 unspecified atom stereocenters. The molecule has 0 spiro atoms. The highest BCUT2D eigenvalue weighted by atomic mass is 127. The molecule has 3 atom stereocenters. The highest BCUT2D eigenvalue weighted by molar-refractivity contribution is 14.0. The summed E-state index contributed by atoms with van der Waals surface area (Å²) in [4.78, 5) is 9.25. The third-order valence-electron chi connectivity index (χ3n) is 4.70. The van der Waals surface area contributed by atoms with Gasteiger partial charge in [-0.2, -0.15) is 0 Å². The molecule has 5 nitrogen and oxygen atoms in total. The van der Waals surface area contributed by atoms with Gasteiger partial charge in [0.1, 0.15) is 0 Å². The number of unbranched alkanes of at least 4 members (excludes halogenated alkanes) is 1. The monoisotopic (exact) mass is 526 g/mol. The average Bonchev–Trinajstić information content (AvgIpc) is 3.06. The molecule has 0 bridgehead atoms. The van der Waals surface area contributed by atoms with Crippen LogP contribution in [0.2, 0.25) is 0 Å². The summed E-state index contributed by atoms with van der Waals surface area (Å²) in [6, 6.07) is 0.389. The standard InChI is InChI=1S/C19H34N4OS2.HI/c1-4-20-19(21-12-7-6-11-18-22-15(3)14-25-18)23-16-9-8-10-17(13-16)26(24)5-2;/h14,16-17H,4-13H2,1-3H3,(H2,20,21,23);1H. The lowest BCUT2D eigenvalue weighted by Gasteiger charge is -2.30. The molecule has 0 amide bonds. The van der Waals surface area contributed by atoms with E-state index in [0.29, 0.717) is 11.3 Å². The highest BCUT2D eigenvalue weighted by Crippen LogP contribution is 2.23. The van der Waals surface area contributed by atoms with Crippen LogP contribution in [-0.2, 0) is 17.2 Å². The maximum Gasteiger partial charge on any atom is 0.191 e. The molecule has 1 aromatic heterocycles. The van der Waals surface area contributed by atoms with Crippen molar-refractivity contribution in [3.8, 4) is 0 Å². The van der Waals surface area contributed by atoms with Crippen molar-refractivity contribution in [2.45, 2.75) is 77.0 Å². The quantitative estimate of drug-likeness (QED) is 0.221. The van der Waals surface area contributed by atoms with Gasteiger partial charge in [0.15, 0.2) is 5.96 Å². The van der Waals surface area contributed by atoms with Crippen molar-refractivity contribution < 1.29 is 4.21 Å². The highest BCUT2D eigenvalue weighted by Gasteiger charge is 2.25. The first-order valence-electron chi connectivity index (χ1n) is 9.95. The number of aliphatic imine (C=N–C) groups is 1. The Morgan fingerprint density at radius 1 is 1.37 bits per heavy atom. The van der Waals surface area contributed by atoms with E-state index in [4.69, 9.17) is 4.99 Å². The normalized spacial score (nSPS) is 21.4. The van der Waals surface area contributed by atoms with E-state index < -0.39 is 10.8 Å². The maximum atomic E-state index is 12.1. The summed E-state index contributed by atoms with van der Waals surface area (Å²) >= 11 is 1.75. The van der Waals surface area contributed by atoms with Crippen molar-refractivity contribution in [3.05, 3.63) is 16.1 Å². The van der Waals surface area contributed by atoms with Crippen molar-refractivity contribution in [1.82, 2.24) is 15.6 Å². The first-order chi connectivity index (χ1) is 12.6. The van der Waals surface area contributed by atoms with Gasteiger partial charge in [-0.15, -0.1) is 35.3 Å². The lowest BCUT2D eigenvalue weighted by molar-refractivity contribution is 0.413. The smallest absolute Gasteiger partial charge is 0.191 e. The maximum absolute atomic E-state index is 12.1. The molecular formula is C19H35IN4OS2. The van der Waals surface area contributed by atoms with Crippen LogP contribution in [0.3, 0.4) is 0 Å². The fourth-order valence-corrected chi connectivity index (χ4v) is 5.53. The van der Waals surface area contributed by atoms with Crippen LogP contribution in [0.25, 0.3) is 0 Å². The Hall–Kier alpha value is -0.220. The number of aryl methyl sites for hydroxylation is 2. The van der Waals surface area contributed by atoms with E-state index >= 15 is 0 Å². The molecule has 0 aromatic carbocycles. The minimum Gasteiger partial charge on any atom is -0.357 e. The first kappa shape index (κ1) is 24.8. The molecule has 0 saturated heterocycles. The number of guanidine groups is 1. The molecule has 27 heavy (non-hydrogen) atoms. The molecule has 1 aromatic rings. The lowest BCUT2D eigenvalue weighted by Crippen LogP contribution is -2.46. The zero-order valence-corrected chi connectivity index (χ0v) is 20.8. The predicted octanol–water partition coefficient (Wildman–Crippen LogP) is 4.03. The number of rotatable bonds is 9. The van der Waals surface area contributed by atoms with Gasteiger partial charge in [-0.05, 0) is 52.4 Å². The molecule has 0 aliphatic heterocycles. The van der Waals surface area contributed by atoms with E-state index in [9.17, 15) is 4.21 Å². The summed E-state index contributed by atoms with van der Waals surface area (Å²) in [5, 5.41) is 10.6. The number of nitrogens with one attached hydrogen (secondary N) is 2. The Morgan fingerprint density at radius 2 is 2.19 bits per heavy atom. The summed E-state index contributed by atoms with van der Waals surface area (Å²) in [5.41, 5.74) is 1.12. The van der Waals surface area contributed by atoms with Crippen LogP contribution in [-0.4, -0.2) is 45.3 Å². The van der Waals surface area contributed by atoms with Crippen molar-refractivity contribution in [2.24, 2.45) is 4.99 Å². The Balaban J connectivity index is 0.00000364. The molecule has 2 N–H and O–H groups in total. The molecule has 1 aliphatic carbocycles. The molecule has 1 heterocycles. The fraction of sp³-hybridized carbons (Fsp3) is 0.789. The van der Waals surface area contributed by atoms with Gasteiger partial charge in [0, 0.05) is 52.0 Å². The molecule has 1 fully saturated rings. The number of halogens is 1. The van der Waals surface area contributed by atoms with Crippen LogP contribution in [0.5, 0.6) is 0 Å². The minimum atomic E-state index is -0.683. The SMILES string of the molecule is CCNC(=NCCCCc1nc(C)cs1)NC1CCCC(S(=O)CC)C1.I. The van der Waals surface area contributed by atoms with Crippen LogP contribution in [0, 0.1) is 6.92 Å². The van der Waals surface area contributed by atoms with Crippen molar-refractivity contribution >= 4 is 52.1 Å². The first-order valence-corrected chi connectivity index (χ1v) is 12.2. The molecule has 1 saturated carbocycles.